The van der Waals surface area contributed by atoms with Crippen LogP contribution in [0.2, 0.25) is 5.02 Å². The van der Waals surface area contributed by atoms with Crippen LogP contribution < -0.4 is 10.6 Å². The lowest BCUT2D eigenvalue weighted by molar-refractivity contribution is -0.129. The van der Waals surface area contributed by atoms with Crippen LogP contribution in [-0.2, 0) is 4.79 Å². The Morgan fingerprint density at radius 3 is 2.85 bits per heavy atom. The molecule has 5 nitrogen and oxygen atoms in total. The minimum Gasteiger partial charge on any atom is -0.357 e. The number of rotatable bonds is 7. The highest BCUT2D eigenvalue weighted by molar-refractivity contribution is 14.0. The van der Waals surface area contributed by atoms with Crippen molar-refractivity contribution in [3.8, 4) is 0 Å². The molecule has 0 saturated carbocycles. The van der Waals surface area contributed by atoms with Gasteiger partial charge in [-0.05, 0) is 37.3 Å². The molecule has 1 fully saturated rings. The molecule has 1 aromatic rings. The highest BCUT2D eigenvalue weighted by Gasteiger charge is 2.25. The second-order valence-electron chi connectivity index (χ2n) is 6.32. The highest BCUT2D eigenvalue weighted by Crippen LogP contribution is 2.28. The summed E-state index contributed by atoms with van der Waals surface area (Å²) in [5.41, 5.74) is 1.19. The van der Waals surface area contributed by atoms with Gasteiger partial charge in [0.1, 0.15) is 0 Å². The summed E-state index contributed by atoms with van der Waals surface area (Å²) in [7, 11) is 0. The van der Waals surface area contributed by atoms with Crippen LogP contribution in [0.15, 0.2) is 29.3 Å². The number of likely N-dealkylation sites (tertiary alicyclic amines) is 1. The van der Waals surface area contributed by atoms with E-state index in [0.29, 0.717) is 13.0 Å². The summed E-state index contributed by atoms with van der Waals surface area (Å²) in [5.74, 6) is 1.03. The first-order chi connectivity index (χ1) is 12.6. The number of halogens is 2. The number of aliphatic imine (C=N–C) groups is 1. The summed E-state index contributed by atoms with van der Waals surface area (Å²) in [6, 6.07) is 8.21. The number of hydrogen-bond donors (Lipinski definition) is 2. The van der Waals surface area contributed by atoms with Gasteiger partial charge in [0.2, 0.25) is 5.91 Å². The first-order valence-electron chi connectivity index (χ1n) is 9.18. The van der Waals surface area contributed by atoms with E-state index in [1.54, 1.807) is 11.8 Å². The summed E-state index contributed by atoms with van der Waals surface area (Å²) in [5, 5.41) is 7.80. The van der Waals surface area contributed by atoms with Gasteiger partial charge in [-0.3, -0.25) is 9.79 Å². The normalized spacial score (nSPS) is 18.0. The van der Waals surface area contributed by atoms with E-state index in [4.69, 9.17) is 16.6 Å². The van der Waals surface area contributed by atoms with Crippen molar-refractivity contribution in [1.82, 2.24) is 15.5 Å². The van der Waals surface area contributed by atoms with Crippen LogP contribution in [0.3, 0.4) is 0 Å². The molecule has 0 aliphatic carbocycles. The van der Waals surface area contributed by atoms with E-state index in [9.17, 15) is 4.79 Å². The minimum absolute atomic E-state index is 0. The topological polar surface area (TPSA) is 56.7 Å². The maximum Gasteiger partial charge on any atom is 0.222 e. The molecule has 152 valence electrons. The number of carbonyl (C=O) groups excluding carboxylic acids is 1. The molecule has 0 bridgehead atoms. The number of guanidine groups is 1. The number of nitrogens with one attached hydrogen (secondary N) is 2. The SMILES string of the molecule is CCNC(=NCC(SC)c1cccc(Cl)c1)NC1CCN(C(=O)CC)C1.I. The van der Waals surface area contributed by atoms with E-state index in [1.807, 2.05) is 30.0 Å². The summed E-state index contributed by atoms with van der Waals surface area (Å²) in [6.45, 7) is 7.00. The minimum atomic E-state index is 0. The maximum absolute atomic E-state index is 11.8. The number of hydrogen-bond acceptors (Lipinski definition) is 3. The molecule has 2 rings (SSSR count). The van der Waals surface area contributed by atoms with Crippen LogP contribution in [0.1, 0.15) is 37.5 Å². The standard InChI is InChI=1S/C19H29ClN4OS.HI/c1-4-18(25)24-10-9-16(13-24)23-19(21-5-2)22-12-17(26-3)14-7-6-8-15(20)11-14;/h6-8,11,16-17H,4-5,9-10,12-13H2,1-3H3,(H2,21,22,23);1H. The van der Waals surface area contributed by atoms with Crippen LogP contribution in [-0.4, -0.2) is 55.2 Å². The van der Waals surface area contributed by atoms with Crippen LogP contribution in [0.5, 0.6) is 0 Å². The molecular weight excluding hydrogens is 495 g/mol. The Kier molecular flexibility index (Phi) is 11.5. The molecule has 1 aromatic carbocycles. The summed E-state index contributed by atoms with van der Waals surface area (Å²) < 4.78 is 0. The zero-order valence-electron chi connectivity index (χ0n) is 16.2. The lowest BCUT2D eigenvalue weighted by Gasteiger charge is -2.19. The lowest BCUT2D eigenvalue weighted by atomic mass is 10.1. The van der Waals surface area contributed by atoms with Gasteiger partial charge in [0.05, 0.1) is 6.54 Å². The Hall–Kier alpha value is -0.670. The number of carbonyl (C=O) groups is 1. The highest BCUT2D eigenvalue weighted by atomic mass is 127. The largest absolute Gasteiger partial charge is 0.357 e. The number of benzene rings is 1. The fourth-order valence-electron chi connectivity index (χ4n) is 3.04. The van der Waals surface area contributed by atoms with Crippen molar-refractivity contribution >= 4 is 59.2 Å². The van der Waals surface area contributed by atoms with Gasteiger partial charge < -0.3 is 15.5 Å². The molecule has 8 heteroatoms. The number of amides is 1. The van der Waals surface area contributed by atoms with Crippen LogP contribution in [0, 0.1) is 0 Å². The predicted molar refractivity (Wildman–Crippen MR) is 128 cm³/mol. The quantitative estimate of drug-likeness (QED) is 0.322. The van der Waals surface area contributed by atoms with Crippen molar-refractivity contribution in [2.24, 2.45) is 4.99 Å². The number of nitrogens with zero attached hydrogens (tertiary/aromatic N) is 2. The van der Waals surface area contributed by atoms with Gasteiger partial charge in [0.15, 0.2) is 5.96 Å². The third-order valence-corrected chi connectivity index (χ3v) is 5.67. The van der Waals surface area contributed by atoms with Crippen LogP contribution >= 0.6 is 47.3 Å². The fourth-order valence-corrected chi connectivity index (χ4v) is 3.88. The van der Waals surface area contributed by atoms with Crippen molar-refractivity contribution in [2.75, 3.05) is 32.4 Å². The molecule has 1 aliphatic heterocycles. The molecular formula is C19H30ClIN4OS. The number of thioether (sulfide) groups is 1. The molecule has 0 radical (unpaired) electrons. The maximum atomic E-state index is 11.8. The zero-order valence-corrected chi connectivity index (χ0v) is 20.1. The molecule has 27 heavy (non-hydrogen) atoms. The third-order valence-electron chi connectivity index (χ3n) is 4.45. The molecule has 1 saturated heterocycles. The molecule has 1 aliphatic rings. The second kappa shape index (κ2) is 12.7. The Labute approximate surface area is 189 Å². The van der Waals surface area contributed by atoms with Crippen molar-refractivity contribution in [2.45, 2.75) is 38.0 Å². The Balaban J connectivity index is 0.00000364. The molecule has 2 atom stereocenters. The van der Waals surface area contributed by atoms with Crippen molar-refractivity contribution < 1.29 is 4.79 Å². The summed E-state index contributed by atoms with van der Waals surface area (Å²) >= 11 is 7.89. The zero-order chi connectivity index (χ0) is 18.9. The molecule has 0 aromatic heterocycles. The predicted octanol–water partition coefficient (Wildman–Crippen LogP) is 3.93. The van der Waals surface area contributed by atoms with Gasteiger partial charge in [-0.25, -0.2) is 0 Å². The monoisotopic (exact) mass is 524 g/mol. The summed E-state index contributed by atoms with van der Waals surface area (Å²) in [6.07, 6.45) is 3.61. The van der Waals surface area contributed by atoms with Crippen molar-refractivity contribution in [1.29, 1.82) is 0 Å². The van der Waals surface area contributed by atoms with Gasteiger partial charge in [-0.1, -0.05) is 30.7 Å². The molecule has 1 amide bonds. The van der Waals surface area contributed by atoms with Gasteiger partial charge in [-0.2, -0.15) is 11.8 Å². The van der Waals surface area contributed by atoms with Crippen LogP contribution in [0.25, 0.3) is 0 Å². The van der Waals surface area contributed by atoms with E-state index in [0.717, 1.165) is 37.0 Å². The van der Waals surface area contributed by atoms with Crippen molar-refractivity contribution in [3.63, 3.8) is 0 Å². The van der Waals surface area contributed by atoms with E-state index in [-0.39, 0.29) is 41.2 Å². The Bertz CT molecular complexity index is 631. The van der Waals surface area contributed by atoms with E-state index in [1.165, 1.54) is 5.56 Å². The van der Waals surface area contributed by atoms with Gasteiger partial charge in [-0.15, -0.1) is 24.0 Å². The summed E-state index contributed by atoms with van der Waals surface area (Å²) in [4.78, 5) is 18.5. The smallest absolute Gasteiger partial charge is 0.222 e. The van der Waals surface area contributed by atoms with E-state index >= 15 is 0 Å². The van der Waals surface area contributed by atoms with E-state index < -0.39 is 0 Å². The van der Waals surface area contributed by atoms with Gasteiger partial charge in [0.25, 0.3) is 0 Å². The van der Waals surface area contributed by atoms with Gasteiger partial charge >= 0.3 is 0 Å². The first-order valence-corrected chi connectivity index (χ1v) is 10.8. The molecule has 2 N–H and O–H groups in total. The third kappa shape index (κ3) is 7.69. The molecule has 0 spiro atoms. The Morgan fingerprint density at radius 2 is 2.22 bits per heavy atom. The van der Waals surface area contributed by atoms with Crippen LogP contribution in [0.4, 0.5) is 0 Å². The Morgan fingerprint density at radius 1 is 1.44 bits per heavy atom. The van der Waals surface area contributed by atoms with E-state index in [2.05, 4.69) is 29.9 Å². The molecule has 1 heterocycles. The lowest BCUT2D eigenvalue weighted by Crippen LogP contribution is -2.45. The first kappa shape index (κ1) is 24.4. The second-order valence-corrected chi connectivity index (χ2v) is 7.80. The average Bonchev–Trinajstić information content (AvgIpc) is 3.10. The average molecular weight is 525 g/mol. The molecule has 2 unspecified atom stereocenters. The van der Waals surface area contributed by atoms with Crippen molar-refractivity contribution in [3.05, 3.63) is 34.9 Å². The fraction of sp³-hybridized carbons (Fsp3) is 0.579. The van der Waals surface area contributed by atoms with Gasteiger partial charge in [0, 0.05) is 42.4 Å².